The molecule has 2 N–H and O–H groups in total. The number of benzene rings is 2. The van der Waals surface area contributed by atoms with E-state index in [0.717, 1.165) is 23.7 Å². The van der Waals surface area contributed by atoms with Gasteiger partial charge in [0.25, 0.3) is 11.8 Å². The molecule has 0 unspecified atom stereocenters. The monoisotopic (exact) mass is 418 g/mol. The van der Waals surface area contributed by atoms with E-state index in [0.29, 0.717) is 23.5 Å². The predicted molar refractivity (Wildman–Crippen MR) is 105 cm³/mol. The first-order chi connectivity index (χ1) is 12.6. The van der Waals surface area contributed by atoms with Crippen molar-refractivity contribution in [2.24, 2.45) is 0 Å². The van der Waals surface area contributed by atoms with Crippen molar-refractivity contribution in [1.82, 2.24) is 10.9 Å². The Labute approximate surface area is 162 Å². The lowest BCUT2D eigenvalue weighted by Crippen LogP contribution is -2.41. The molecule has 26 heavy (non-hydrogen) atoms. The highest BCUT2D eigenvalue weighted by molar-refractivity contribution is 9.10. The molecule has 0 fully saturated rings. The third kappa shape index (κ3) is 6.19. The third-order valence-corrected chi connectivity index (χ3v) is 4.26. The van der Waals surface area contributed by atoms with E-state index < -0.39 is 5.91 Å². The number of nitrogens with one attached hydrogen (secondary N) is 2. The van der Waals surface area contributed by atoms with Gasteiger partial charge in [0, 0.05) is 10.0 Å². The summed E-state index contributed by atoms with van der Waals surface area (Å²) in [6.07, 6.45) is 4.37. The predicted octanol–water partition coefficient (Wildman–Crippen LogP) is 4.48. The zero-order valence-corrected chi connectivity index (χ0v) is 16.3. The van der Waals surface area contributed by atoms with Gasteiger partial charge < -0.3 is 4.74 Å². The molecule has 0 aromatic heterocycles. The van der Waals surface area contributed by atoms with Crippen LogP contribution in [0, 0.1) is 0 Å². The summed E-state index contributed by atoms with van der Waals surface area (Å²) in [6.45, 7) is 2.71. The van der Waals surface area contributed by atoms with E-state index in [1.165, 1.54) is 6.42 Å². The lowest BCUT2D eigenvalue weighted by molar-refractivity contribution is 0.0844. The van der Waals surface area contributed by atoms with Crippen LogP contribution in [0.5, 0.6) is 5.75 Å². The van der Waals surface area contributed by atoms with E-state index in [2.05, 4.69) is 33.7 Å². The molecule has 0 aliphatic rings. The fourth-order valence-electron chi connectivity index (χ4n) is 2.36. The number of carbonyl (C=O) groups is 2. The molecule has 6 heteroatoms. The summed E-state index contributed by atoms with van der Waals surface area (Å²) in [5.41, 5.74) is 5.69. The normalized spacial score (nSPS) is 10.2. The topological polar surface area (TPSA) is 67.4 Å². The quantitative estimate of drug-likeness (QED) is 0.490. The highest BCUT2D eigenvalue weighted by atomic mass is 79.9. The number of hydrogen-bond donors (Lipinski definition) is 2. The van der Waals surface area contributed by atoms with Crippen LogP contribution in [-0.4, -0.2) is 18.4 Å². The van der Waals surface area contributed by atoms with Gasteiger partial charge in [-0.1, -0.05) is 60.3 Å². The van der Waals surface area contributed by atoms with Crippen LogP contribution in [-0.2, 0) is 0 Å². The molecule has 0 spiro atoms. The maximum atomic E-state index is 12.5. The maximum Gasteiger partial charge on any atom is 0.273 e. The second kappa shape index (κ2) is 10.6. The summed E-state index contributed by atoms with van der Waals surface area (Å²) in [5, 5.41) is 0. The summed E-state index contributed by atoms with van der Waals surface area (Å²) in [5.74, 6) is -0.314. The Hall–Kier alpha value is -2.34. The van der Waals surface area contributed by atoms with Crippen molar-refractivity contribution >= 4 is 27.7 Å². The summed E-state index contributed by atoms with van der Waals surface area (Å²) in [6, 6.07) is 13.9. The second-order valence-corrected chi connectivity index (χ2v) is 6.74. The van der Waals surface area contributed by atoms with Crippen molar-refractivity contribution < 1.29 is 14.3 Å². The highest BCUT2D eigenvalue weighted by Crippen LogP contribution is 2.23. The Balaban J connectivity index is 1.96. The van der Waals surface area contributed by atoms with Gasteiger partial charge in [0.05, 0.1) is 12.2 Å². The number of halogens is 1. The molecule has 138 valence electrons. The van der Waals surface area contributed by atoms with Gasteiger partial charge in [-0.05, 0) is 36.8 Å². The van der Waals surface area contributed by atoms with Crippen LogP contribution in [0.25, 0.3) is 0 Å². The molecular formula is C20H23BrN2O3. The van der Waals surface area contributed by atoms with Crippen molar-refractivity contribution in [3.05, 3.63) is 64.1 Å². The molecule has 0 radical (unpaired) electrons. The third-order valence-electron chi connectivity index (χ3n) is 3.77. The van der Waals surface area contributed by atoms with Crippen molar-refractivity contribution in [2.45, 2.75) is 32.6 Å². The van der Waals surface area contributed by atoms with Crippen LogP contribution in [0.4, 0.5) is 0 Å². The molecular weight excluding hydrogens is 396 g/mol. The average molecular weight is 419 g/mol. The van der Waals surface area contributed by atoms with Crippen LogP contribution < -0.4 is 15.6 Å². The number of hydrogen-bond acceptors (Lipinski definition) is 3. The van der Waals surface area contributed by atoms with E-state index in [9.17, 15) is 9.59 Å². The Bertz CT molecular complexity index is 735. The molecule has 0 saturated heterocycles. The first kappa shape index (κ1) is 20.0. The Kier molecular flexibility index (Phi) is 8.15. The van der Waals surface area contributed by atoms with Crippen LogP contribution >= 0.6 is 15.9 Å². The Morgan fingerprint density at radius 2 is 1.69 bits per heavy atom. The molecule has 2 amide bonds. The van der Waals surface area contributed by atoms with Crippen molar-refractivity contribution in [1.29, 1.82) is 0 Å². The maximum absolute atomic E-state index is 12.5. The van der Waals surface area contributed by atoms with E-state index in [1.807, 2.05) is 12.1 Å². The zero-order valence-electron chi connectivity index (χ0n) is 14.8. The lowest BCUT2D eigenvalue weighted by atomic mass is 10.2. The average Bonchev–Trinajstić information content (AvgIpc) is 2.67. The molecule has 0 aliphatic heterocycles. The number of unbranched alkanes of at least 4 members (excludes halogenated alkanes) is 3. The van der Waals surface area contributed by atoms with Gasteiger partial charge in [-0.15, -0.1) is 0 Å². The molecule has 0 bridgehead atoms. The van der Waals surface area contributed by atoms with E-state index in [4.69, 9.17) is 4.74 Å². The van der Waals surface area contributed by atoms with Crippen LogP contribution in [0.1, 0.15) is 53.3 Å². The number of amides is 2. The van der Waals surface area contributed by atoms with Crippen molar-refractivity contribution in [2.75, 3.05) is 6.61 Å². The van der Waals surface area contributed by atoms with Gasteiger partial charge in [-0.25, -0.2) is 0 Å². The first-order valence-electron chi connectivity index (χ1n) is 8.70. The molecule has 0 atom stereocenters. The van der Waals surface area contributed by atoms with Crippen LogP contribution in [0.3, 0.4) is 0 Å². The molecule has 0 heterocycles. The minimum absolute atomic E-state index is 0.364. The molecule has 2 aromatic carbocycles. The summed E-state index contributed by atoms with van der Waals surface area (Å²) < 4.78 is 6.52. The fraction of sp³-hybridized carbons (Fsp3) is 0.300. The summed E-state index contributed by atoms with van der Waals surface area (Å²) in [7, 11) is 0. The van der Waals surface area contributed by atoms with Crippen molar-refractivity contribution in [3.63, 3.8) is 0 Å². The number of carbonyl (C=O) groups excluding carboxylic acids is 2. The van der Waals surface area contributed by atoms with Gasteiger partial charge in [0.2, 0.25) is 0 Å². The number of ether oxygens (including phenoxy) is 1. The summed E-state index contributed by atoms with van der Waals surface area (Å²) >= 11 is 3.36. The number of hydrazine groups is 1. The second-order valence-electron chi connectivity index (χ2n) is 5.82. The van der Waals surface area contributed by atoms with Crippen LogP contribution in [0.2, 0.25) is 0 Å². The fourth-order valence-corrected chi connectivity index (χ4v) is 2.72. The van der Waals surface area contributed by atoms with Gasteiger partial charge in [-0.3, -0.25) is 20.4 Å². The number of rotatable bonds is 8. The highest BCUT2D eigenvalue weighted by Gasteiger charge is 2.14. The first-order valence-corrected chi connectivity index (χ1v) is 9.49. The van der Waals surface area contributed by atoms with Crippen LogP contribution in [0.15, 0.2) is 53.0 Å². The molecule has 5 nitrogen and oxygen atoms in total. The molecule has 2 rings (SSSR count). The lowest BCUT2D eigenvalue weighted by Gasteiger charge is -2.13. The smallest absolute Gasteiger partial charge is 0.273 e. The Morgan fingerprint density at radius 1 is 0.962 bits per heavy atom. The van der Waals surface area contributed by atoms with E-state index in [1.54, 1.807) is 36.4 Å². The Morgan fingerprint density at radius 3 is 2.42 bits per heavy atom. The van der Waals surface area contributed by atoms with Gasteiger partial charge >= 0.3 is 0 Å². The van der Waals surface area contributed by atoms with Crippen molar-refractivity contribution in [3.8, 4) is 5.75 Å². The van der Waals surface area contributed by atoms with E-state index in [-0.39, 0.29) is 5.91 Å². The SMILES string of the molecule is CCCCCCOc1ccc(Br)cc1C(=O)NNC(=O)c1ccccc1. The van der Waals surface area contributed by atoms with E-state index >= 15 is 0 Å². The molecule has 0 saturated carbocycles. The summed E-state index contributed by atoms with van der Waals surface area (Å²) in [4.78, 5) is 24.5. The molecule has 0 aliphatic carbocycles. The van der Waals surface area contributed by atoms with Gasteiger partial charge in [0.1, 0.15) is 5.75 Å². The molecule has 2 aromatic rings. The van der Waals surface area contributed by atoms with Gasteiger partial charge in [0.15, 0.2) is 0 Å². The minimum Gasteiger partial charge on any atom is -0.493 e. The minimum atomic E-state index is -0.431. The van der Waals surface area contributed by atoms with Gasteiger partial charge in [-0.2, -0.15) is 0 Å². The zero-order chi connectivity index (χ0) is 18.8. The largest absolute Gasteiger partial charge is 0.493 e. The standard InChI is InChI=1S/C20H23BrN2O3/c1-2-3-4-8-13-26-18-12-11-16(21)14-17(18)20(25)23-22-19(24)15-9-6-5-7-10-15/h5-7,9-12,14H,2-4,8,13H2,1H3,(H,22,24)(H,23,25).